The van der Waals surface area contributed by atoms with E-state index in [0.29, 0.717) is 6.54 Å². The topological polar surface area (TPSA) is 66.8 Å². The third-order valence-corrected chi connectivity index (χ3v) is 2.44. The zero-order valence-electron chi connectivity index (χ0n) is 7.15. The molecule has 5 nitrogen and oxygen atoms in total. The first-order chi connectivity index (χ1) is 6.11. The zero-order chi connectivity index (χ0) is 9.47. The second-order valence-electron chi connectivity index (χ2n) is 3.62. The van der Waals surface area contributed by atoms with Gasteiger partial charge in [-0.2, -0.15) is 0 Å². The summed E-state index contributed by atoms with van der Waals surface area (Å²) < 4.78 is 5.10. The highest BCUT2D eigenvalue weighted by atomic mass is 16.6. The van der Waals surface area contributed by atoms with E-state index in [1.54, 1.807) is 0 Å². The average Bonchev–Trinajstić information content (AvgIpc) is 2.69. The van der Waals surface area contributed by atoms with Crippen molar-refractivity contribution in [2.45, 2.75) is 24.9 Å². The predicted molar refractivity (Wildman–Crippen MR) is 42.3 cm³/mol. The highest BCUT2D eigenvalue weighted by Gasteiger charge is 2.54. The Bertz CT molecular complexity index is 259. The van der Waals surface area contributed by atoms with Crippen molar-refractivity contribution in [3.63, 3.8) is 0 Å². The van der Waals surface area contributed by atoms with Crippen LogP contribution in [-0.2, 0) is 9.53 Å². The van der Waals surface area contributed by atoms with Crippen molar-refractivity contribution in [1.29, 1.82) is 0 Å². The summed E-state index contributed by atoms with van der Waals surface area (Å²) in [6.07, 6.45) is 1.47. The molecule has 0 aromatic heterocycles. The largest absolute Gasteiger partial charge is 0.481 e. The predicted octanol–water partition coefficient (Wildman–Crippen LogP) is 0.446. The molecule has 1 N–H and O–H groups in total. The fraction of sp³-hybridized carbons (Fsp3) is 0.750. The number of carboxylic acids is 1. The number of ether oxygens (including phenoxy) is 1. The van der Waals surface area contributed by atoms with Gasteiger partial charge in [-0.25, -0.2) is 4.79 Å². The number of hydrogen-bond donors (Lipinski definition) is 1. The van der Waals surface area contributed by atoms with E-state index < -0.39 is 5.97 Å². The molecule has 1 heterocycles. The molecular formula is C8H11NO4. The van der Waals surface area contributed by atoms with Gasteiger partial charge in [0.1, 0.15) is 5.60 Å². The highest BCUT2D eigenvalue weighted by molar-refractivity contribution is 5.73. The van der Waals surface area contributed by atoms with Gasteiger partial charge in [0.15, 0.2) is 0 Å². The lowest BCUT2D eigenvalue weighted by atomic mass is 10.3. The van der Waals surface area contributed by atoms with Gasteiger partial charge in [0.05, 0.1) is 13.0 Å². The van der Waals surface area contributed by atoms with E-state index in [1.807, 2.05) is 0 Å². The molecule has 1 aliphatic carbocycles. The SMILES string of the molecule is O=C(O)CCN1CC2(CC2)OC1=O. The van der Waals surface area contributed by atoms with Crippen LogP contribution in [0.3, 0.4) is 0 Å². The third-order valence-electron chi connectivity index (χ3n) is 2.44. The van der Waals surface area contributed by atoms with Gasteiger partial charge in [-0.15, -0.1) is 0 Å². The second-order valence-corrected chi connectivity index (χ2v) is 3.62. The van der Waals surface area contributed by atoms with Crippen LogP contribution in [0.5, 0.6) is 0 Å². The maximum Gasteiger partial charge on any atom is 0.410 e. The molecule has 5 heteroatoms. The summed E-state index contributed by atoms with van der Waals surface area (Å²) in [6.45, 7) is 0.828. The van der Waals surface area contributed by atoms with Crippen LogP contribution in [0.1, 0.15) is 19.3 Å². The molecule has 13 heavy (non-hydrogen) atoms. The van der Waals surface area contributed by atoms with Crippen LogP contribution in [0, 0.1) is 0 Å². The van der Waals surface area contributed by atoms with Gasteiger partial charge in [-0.1, -0.05) is 0 Å². The van der Waals surface area contributed by atoms with Crippen molar-refractivity contribution in [3.8, 4) is 0 Å². The van der Waals surface area contributed by atoms with Crippen molar-refractivity contribution in [1.82, 2.24) is 4.90 Å². The Labute approximate surface area is 75.3 Å². The van der Waals surface area contributed by atoms with Gasteiger partial charge < -0.3 is 14.7 Å². The Hall–Kier alpha value is -1.26. The van der Waals surface area contributed by atoms with Crippen molar-refractivity contribution in [2.75, 3.05) is 13.1 Å². The standard InChI is InChI=1S/C8H11NO4/c10-6(11)1-4-9-5-8(2-3-8)13-7(9)12/h1-5H2,(H,10,11). The molecule has 1 saturated heterocycles. The molecule has 0 aromatic rings. The summed E-state index contributed by atoms with van der Waals surface area (Å²) >= 11 is 0. The molecule has 2 aliphatic rings. The minimum atomic E-state index is -0.885. The van der Waals surface area contributed by atoms with Gasteiger partial charge >= 0.3 is 12.1 Å². The van der Waals surface area contributed by atoms with E-state index in [9.17, 15) is 9.59 Å². The Morgan fingerprint density at radius 3 is 2.77 bits per heavy atom. The first kappa shape index (κ1) is 8.34. The number of nitrogens with zero attached hydrogens (tertiary/aromatic N) is 1. The highest BCUT2D eigenvalue weighted by Crippen LogP contribution is 2.44. The minimum Gasteiger partial charge on any atom is -0.481 e. The van der Waals surface area contributed by atoms with Crippen LogP contribution in [-0.4, -0.2) is 40.8 Å². The summed E-state index contributed by atoms with van der Waals surface area (Å²) in [5, 5.41) is 8.43. The number of carbonyl (C=O) groups excluding carboxylic acids is 1. The van der Waals surface area contributed by atoms with E-state index in [-0.39, 0.29) is 24.7 Å². The van der Waals surface area contributed by atoms with Crippen molar-refractivity contribution >= 4 is 12.1 Å². The zero-order valence-corrected chi connectivity index (χ0v) is 7.15. The van der Waals surface area contributed by atoms with Crippen molar-refractivity contribution in [3.05, 3.63) is 0 Å². The average molecular weight is 185 g/mol. The first-order valence-corrected chi connectivity index (χ1v) is 4.31. The molecule has 2 fully saturated rings. The summed E-state index contributed by atoms with van der Waals surface area (Å²) in [5.41, 5.74) is -0.240. The molecule has 1 amide bonds. The molecule has 0 radical (unpaired) electrons. The van der Waals surface area contributed by atoms with Gasteiger partial charge in [0, 0.05) is 6.54 Å². The van der Waals surface area contributed by atoms with Gasteiger partial charge in [-0.3, -0.25) is 4.79 Å². The Kier molecular flexibility index (Phi) is 1.68. The van der Waals surface area contributed by atoms with Crippen LogP contribution >= 0.6 is 0 Å². The molecule has 72 valence electrons. The summed E-state index contributed by atoms with van der Waals surface area (Å²) in [6, 6.07) is 0. The maximum atomic E-state index is 11.2. The summed E-state index contributed by atoms with van der Waals surface area (Å²) in [5.74, 6) is -0.885. The smallest absolute Gasteiger partial charge is 0.410 e. The summed E-state index contributed by atoms with van der Waals surface area (Å²) in [7, 11) is 0. The normalized spacial score (nSPS) is 23.4. The van der Waals surface area contributed by atoms with E-state index in [1.165, 1.54) is 4.90 Å². The molecular weight excluding hydrogens is 174 g/mol. The second kappa shape index (κ2) is 2.61. The van der Waals surface area contributed by atoms with Crippen LogP contribution in [0.4, 0.5) is 4.79 Å². The number of carbonyl (C=O) groups is 2. The minimum absolute atomic E-state index is 0.00875. The number of aliphatic carboxylic acids is 1. The number of carboxylic acid groups (broad SMARTS) is 1. The molecule has 0 atom stereocenters. The van der Waals surface area contributed by atoms with E-state index >= 15 is 0 Å². The molecule has 2 rings (SSSR count). The van der Waals surface area contributed by atoms with Crippen molar-refractivity contribution < 1.29 is 19.4 Å². The molecule has 0 bridgehead atoms. The molecule has 0 unspecified atom stereocenters. The fourth-order valence-electron chi connectivity index (χ4n) is 1.49. The maximum absolute atomic E-state index is 11.2. The van der Waals surface area contributed by atoms with Crippen LogP contribution in [0.2, 0.25) is 0 Å². The first-order valence-electron chi connectivity index (χ1n) is 4.31. The molecule has 1 spiro atoms. The molecule has 0 aromatic carbocycles. The van der Waals surface area contributed by atoms with Crippen LogP contribution < -0.4 is 0 Å². The Morgan fingerprint density at radius 2 is 2.31 bits per heavy atom. The Morgan fingerprint density at radius 1 is 1.62 bits per heavy atom. The quantitative estimate of drug-likeness (QED) is 0.693. The number of amides is 1. The van der Waals surface area contributed by atoms with E-state index in [2.05, 4.69) is 0 Å². The van der Waals surface area contributed by atoms with E-state index in [0.717, 1.165) is 12.8 Å². The number of hydrogen-bond acceptors (Lipinski definition) is 3. The number of rotatable bonds is 3. The van der Waals surface area contributed by atoms with Crippen LogP contribution in [0.25, 0.3) is 0 Å². The van der Waals surface area contributed by atoms with Gasteiger partial charge in [0.2, 0.25) is 0 Å². The lowest BCUT2D eigenvalue weighted by molar-refractivity contribution is -0.137. The fourth-order valence-corrected chi connectivity index (χ4v) is 1.49. The molecule has 1 saturated carbocycles. The lowest BCUT2D eigenvalue weighted by Crippen LogP contribution is -2.28. The molecule has 1 aliphatic heterocycles. The van der Waals surface area contributed by atoms with Crippen LogP contribution in [0.15, 0.2) is 0 Å². The third kappa shape index (κ3) is 1.59. The Balaban J connectivity index is 1.86. The lowest BCUT2D eigenvalue weighted by Gasteiger charge is -2.09. The van der Waals surface area contributed by atoms with Gasteiger partial charge in [0.25, 0.3) is 0 Å². The van der Waals surface area contributed by atoms with Crippen molar-refractivity contribution in [2.24, 2.45) is 0 Å². The summed E-state index contributed by atoms with van der Waals surface area (Å²) in [4.78, 5) is 22.9. The van der Waals surface area contributed by atoms with Gasteiger partial charge in [-0.05, 0) is 12.8 Å². The van der Waals surface area contributed by atoms with E-state index in [4.69, 9.17) is 9.84 Å². The monoisotopic (exact) mass is 185 g/mol.